The third-order valence-electron chi connectivity index (χ3n) is 3.90. The monoisotopic (exact) mass is 381 g/mol. The van der Waals surface area contributed by atoms with E-state index in [-0.39, 0.29) is 12.0 Å². The molecule has 3 rings (SSSR count). The van der Waals surface area contributed by atoms with Gasteiger partial charge < -0.3 is 9.64 Å². The third-order valence-corrected chi connectivity index (χ3v) is 6.01. The third kappa shape index (κ3) is 5.24. The van der Waals surface area contributed by atoms with Gasteiger partial charge in [0.25, 0.3) is 0 Å². The van der Waals surface area contributed by atoms with E-state index in [1.54, 1.807) is 23.1 Å². The number of hydrogen-bond acceptors (Lipinski definition) is 4. The highest BCUT2D eigenvalue weighted by Crippen LogP contribution is 2.22. The van der Waals surface area contributed by atoms with Gasteiger partial charge in [0.05, 0.1) is 18.4 Å². The first-order valence-corrected chi connectivity index (χ1v) is 10.2. The van der Waals surface area contributed by atoms with Gasteiger partial charge in [-0.05, 0) is 48.6 Å². The second kappa shape index (κ2) is 8.90. The number of ether oxygens (including phenoxy) is 1. The first kappa shape index (κ1) is 17.8. The van der Waals surface area contributed by atoms with Crippen molar-refractivity contribution in [3.05, 3.63) is 51.7 Å². The highest BCUT2D eigenvalue weighted by atomic mass is 35.5. The van der Waals surface area contributed by atoms with E-state index in [0.717, 1.165) is 24.3 Å². The number of rotatable bonds is 7. The Labute approximate surface area is 156 Å². The summed E-state index contributed by atoms with van der Waals surface area (Å²) in [6.45, 7) is 2.15. The van der Waals surface area contributed by atoms with Gasteiger partial charge in [-0.2, -0.15) is 0 Å². The second-order valence-electron chi connectivity index (χ2n) is 5.73. The molecule has 0 N–H and O–H groups in total. The molecule has 1 aromatic heterocycles. The molecule has 1 aliphatic rings. The standard InChI is InChI=1S/C18H20ClNO2S2/c19-14-5-7-16(8-6-14)24-13-18(21)20(11-15-3-1-9-22-15)12-17-4-2-10-23-17/h2,4-8,10,15H,1,3,9,11-13H2. The quantitative estimate of drug-likeness (QED) is 0.651. The number of carbonyl (C=O) groups excluding carboxylic acids is 1. The fraction of sp³-hybridized carbons (Fsp3) is 0.389. The van der Waals surface area contributed by atoms with Crippen molar-refractivity contribution in [2.24, 2.45) is 0 Å². The normalized spacial score (nSPS) is 17.1. The topological polar surface area (TPSA) is 29.5 Å². The Morgan fingerprint density at radius 3 is 2.83 bits per heavy atom. The molecule has 3 nitrogen and oxygen atoms in total. The number of halogens is 1. The van der Waals surface area contributed by atoms with Gasteiger partial charge in [0.15, 0.2) is 0 Å². The van der Waals surface area contributed by atoms with Crippen LogP contribution >= 0.6 is 34.7 Å². The van der Waals surface area contributed by atoms with Gasteiger partial charge in [0.2, 0.25) is 5.91 Å². The molecular formula is C18H20ClNO2S2. The average molecular weight is 382 g/mol. The molecule has 1 saturated heterocycles. The van der Waals surface area contributed by atoms with Crippen molar-refractivity contribution < 1.29 is 9.53 Å². The Morgan fingerprint density at radius 2 is 2.17 bits per heavy atom. The summed E-state index contributed by atoms with van der Waals surface area (Å²) >= 11 is 9.14. The molecule has 1 aliphatic heterocycles. The van der Waals surface area contributed by atoms with Crippen LogP contribution in [0.3, 0.4) is 0 Å². The van der Waals surface area contributed by atoms with Crippen molar-refractivity contribution in [1.82, 2.24) is 4.90 Å². The van der Waals surface area contributed by atoms with Crippen LogP contribution in [0.2, 0.25) is 5.02 Å². The Kier molecular flexibility index (Phi) is 6.60. The zero-order valence-electron chi connectivity index (χ0n) is 13.3. The van der Waals surface area contributed by atoms with Gasteiger partial charge >= 0.3 is 0 Å². The second-order valence-corrected chi connectivity index (χ2v) is 8.25. The van der Waals surface area contributed by atoms with Gasteiger partial charge in [0.1, 0.15) is 0 Å². The van der Waals surface area contributed by atoms with Crippen LogP contribution in [0.1, 0.15) is 17.7 Å². The van der Waals surface area contributed by atoms with Crippen LogP contribution in [0.5, 0.6) is 0 Å². The molecule has 128 valence electrons. The predicted octanol–water partition coefficient (Wildman–Crippen LogP) is 4.70. The zero-order valence-corrected chi connectivity index (χ0v) is 15.7. The number of benzene rings is 1. The molecule has 0 bridgehead atoms. The number of amides is 1. The van der Waals surface area contributed by atoms with Crippen LogP contribution in [0.4, 0.5) is 0 Å². The molecule has 1 unspecified atom stereocenters. The zero-order chi connectivity index (χ0) is 16.8. The molecule has 0 saturated carbocycles. The number of thioether (sulfide) groups is 1. The van der Waals surface area contributed by atoms with Crippen molar-refractivity contribution >= 4 is 40.6 Å². The predicted molar refractivity (Wildman–Crippen MR) is 101 cm³/mol. The summed E-state index contributed by atoms with van der Waals surface area (Å²) in [6, 6.07) is 11.7. The molecule has 1 atom stereocenters. The molecule has 0 radical (unpaired) electrons. The van der Waals surface area contributed by atoms with Crippen molar-refractivity contribution in [3.8, 4) is 0 Å². The maximum absolute atomic E-state index is 12.7. The minimum Gasteiger partial charge on any atom is -0.376 e. The van der Waals surface area contributed by atoms with Gasteiger partial charge in [-0.1, -0.05) is 17.7 Å². The van der Waals surface area contributed by atoms with Gasteiger partial charge in [0, 0.05) is 27.9 Å². The molecule has 6 heteroatoms. The molecule has 0 aliphatic carbocycles. The Bertz CT molecular complexity index is 640. The van der Waals surface area contributed by atoms with Crippen molar-refractivity contribution in [1.29, 1.82) is 0 Å². The first-order chi connectivity index (χ1) is 11.7. The molecule has 1 aromatic carbocycles. The lowest BCUT2D eigenvalue weighted by atomic mass is 10.2. The van der Waals surface area contributed by atoms with Crippen molar-refractivity contribution in [2.75, 3.05) is 18.9 Å². The number of hydrogen-bond donors (Lipinski definition) is 0. The number of thiophene rings is 1. The minimum atomic E-state index is 0.152. The smallest absolute Gasteiger partial charge is 0.233 e. The molecule has 0 spiro atoms. The molecular weight excluding hydrogens is 362 g/mol. The van der Waals surface area contributed by atoms with E-state index in [4.69, 9.17) is 16.3 Å². The summed E-state index contributed by atoms with van der Waals surface area (Å²) in [4.78, 5) is 16.9. The lowest BCUT2D eigenvalue weighted by molar-refractivity contribution is -0.130. The van der Waals surface area contributed by atoms with Gasteiger partial charge in [-0.15, -0.1) is 23.1 Å². The van der Waals surface area contributed by atoms with Gasteiger partial charge in [-0.25, -0.2) is 0 Å². The first-order valence-electron chi connectivity index (χ1n) is 8.01. The van der Waals surface area contributed by atoms with Crippen molar-refractivity contribution in [3.63, 3.8) is 0 Å². The molecule has 2 aromatic rings. The maximum Gasteiger partial charge on any atom is 0.233 e. The van der Waals surface area contributed by atoms with Crippen LogP contribution < -0.4 is 0 Å². The van der Waals surface area contributed by atoms with E-state index in [1.165, 1.54) is 4.88 Å². The fourth-order valence-corrected chi connectivity index (χ4v) is 4.29. The van der Waals surface area contributed by atoms with E-state index in [9.17, 15) is 4.79 Å². The molecule has 2 heterocycles. The lowest BCUT2D eigenvalue weighted by Gasteiger charge is -2.25. The van der Waals surface area contributed by atoms with Crippen LogP contribution in [0.15, 0.2) is 46.7 Å². The van der Waals surface area contributed by atoms with Crippen molar-refractivity contribution in [2.45, 2.75) is 30.4 Å². The summed E-state index contributed by atoms with van der Waals surface area (Å²) in [6.07, 6.45) is 2.30. The summed E-state index contributed by atoms with van der Waals surface area (Å²) in [7, 11) is 0. The van der Waals surface area contributed by atoms with Crippen LogP contribution in [-0.4, -0.2) is 35.8 Å². The average Bonchev–Trinajstić information content (AvgIpc) is 3.27. The molecule has 24 heavy (non-hydrogen) atoms. The number of carbonyl (C=O) groups is 1. The summed E-state index contributed by atoms with van der Waals surface area (Å²) in [5, 5.41) is 2.76. The van der Waals surface area contributed by atoms with E-state index < -0.39 is 0 Å². The largest absolute Gasteiger partial charge is 0.376 e. The summed E-state index contributed by atoms with van der Waals surface area (Å²) in [5.74, 6) is 0.582. The van der Waals surface area contributed by atoms with Crippen LogP contribution in [0, 0.1) is 0 Å². The number of nitrogens with zero attached hydrogens (tertiary/aromatic N) is 1. The fourth-order valence-electron chi connectivity index (χ4n) is 2.65. The highest BCUT2D eigenvalue weighted by Gasteiger charge is 2.23. The lowest BCUT2D eigenvalue weighted by Crippen LogP contribution is -2.37. The SMILES string of the molecule is O=C(CSc1ccc(Cl)cc1)N(Cc1cccs1)CC1CCCO1. The molecule has 1 fully saturated rings. The van der Waals surface area contributed by atoms with E-state index in [0.29, 0.717) is 23.9 Å². The highest BCUT2D eigenvalue weighted by molar-refractivity contribution is 8.00. The molecule has 1 amide bonds. The Hall–Kier alpha value is -1.01. The van der Waals surface area contributed by atoms with Crippen LogP contribution in [-0.2, 0) is 16.1 Å². The summed E-state index contributed by atoms with van der Waals surface area (Å²) in [5.41, 5.74) is 0. The van der Waals surface area contributed by atoms with E-state index >= 15 is 0 Å². The summed E-state index contributed by atoms with van der Waals surface area (Å²) < 4.78 is 5.72. The Morgan fingerprint density at radius 1 is 1.33 bits per heavy atom. The minimum absolute atomic E-state index is 0.152. The van der Waals surface area contributed by atoms with Crippen LogP contribution in [0.25, 0.3) is 0 Å². The van der Waals surface area contributed by atoms with E-state index in [2.05, 4.69) is 6.07 Å². The Balaban J connectivity index is 1.59. The van der Waals surface area contributed by atoms with E-state index in [1.807, 2.05) is 40.6 Å². The van der Waals surface area contributed by atoms with Gasteiger partial charge in [-0.3, -0.25) is 4.79 Å². The maximum atomic E-state index is 12.7.